The molecule has 0 saturated carbocycles. The van der Waals surface area contributed by atoms with Crippen molar-refractivity contribution in [1.29, 1.82) is 0 Å². The van der Waals surface area contributed by atoms with E-state index in [9.17, 15) is 0 Å². The predicted molar refractivity (Wildman–Crippen MR) is 84.4 cm³/mol. The number of halogens is 2. The van der Waals surface area contributed by atoms with Crippen molar-refractivity contribution in [3.05, 3.63) is 59.1 Å². The van der Waals surface area contributed by atoms with Crippen molar-refractivity contribution in [3.8, 4) is 0 Å². The Morgan fingerprint density at radius 1 is 1.17 bits per heavy atom. The van der Waals surface area contributed by atoms with Crippen LogP contribution >= 0.6 is 23.2 Å². The first kappa shape index (κ1) is 15.5. The van der Waals surface area contributed by atoms with Crippen molar-refractivity contribution in [1.82, 2.24) is 29.5 Å². The Balaban J connectivity index is 1.71. The summed E-state index contributed by atoms with van der Waals surface area (Å²) in [4.78, 5) is 7.91. The molecule has 10 heteroatoms. The second-order valence-corrected chi connectivity index (χ2v) is 6.06. The van der Waals surface area contributed by atoms with E-state index in [0.29, 0.717) is 28.8 Å². The minimum atomic E-state index is -1.30. The van der Waals surface area contributed by atoms with Gasteiger partial charge in [0, 0.05) is 5.02 Å². The summed E-state index contributed by atoms with van der Waals surface area (Å²) in [5.74, 6) is -1.30. The van der Waals surface area contributed by atoms with Gasteiger partial charge in [-0.2, -0.15) is 14.9 Å². The minimum Gasteiger partial charge on any atom is -0.325 e. The van der Waals surface area contributed by atoms with E-state index in [4.69, 9.17) is 32.7 Å². The molecule has 0 spiro atoms. The predicted octanol–water partition coefficient (Wildman–Crippen LogP) is 1.95. The van der Waals surface area contributed by atoms with Crippen molar-refractivity contribution in [2.75, 3.05) is 6.61 Å². The van der Waals surface area contributed by atoms with Gasteiger partial charge in [-0.3, -0.25) is 4.68 Å². The molecule has 1 fully saturated rings. The van der Waals surface area contributed by atoms with Crippen LogP contribution in [0.4, 0.5) is 0 Å². The summed E-state index contributed by atoms with van der Waals surface area (Å²) in [6, 6.07) is 5.11. The number of benzene rings is 1. The van der Waals surface area contributed by atoms with E-state index in [-0.39, 0.29) is 6.10 Å². The van der Waals surface area contributed by atoms with Crippen LogP contribution in [0.5, 0.6) is 0 Å². The van der Waals surface area contributed by atoms with E-state index < -0.39 is 5.91 Å². The van der Waals surface area contributed by atoms with Gasteiger partial charge in [-0.25, -0.2) is 9.97 Å². The molecule has 0 unspecified atom stereocenters. The van der Waals surface area contributed by atoms with Crippen LogP contribution in [0, 0.1) is 0 Å². The van der Waals surface area contributed by atoms with E-state index in [1.54, 1.807) is 29.2 Å². The zero-order valence-corrected chi connectivity index (χ0v) is 13.8. The van der Waals surface area contributed by atoms with Gasteiger partial charge in [-0.1, -0.05) is 23.2 Å². The zero-order valence-electron chi connectivity index (χ0n) is 12.3. The molecule has 0 aliphatic carbocycles. The summed E-state index contributed by atoms with van der Waals surface area (Å²) in [6.07, 6.45) is 5.75. The lowest BCUT2D eigenvalue weighted by molar-refractivity contribution is -0.207. The molecule has 24 heavy (non-hydrogen) atoms. The lowest BCUT2D eigenvalue weighted by Gasteiger charge is -2.28. The highest BCUT2D eigenvalue weighted by Crippen LogP contribution is 2.39. The molecule has 1 saturated heterocycles. The third-order valence-corrected chi connectivity index (χ3v) is 4.19. The molecule has 4 rings (SSSR count). The first-order valence-electron chi connectivity index (χ1n) is 7.12. The average molecular weight is 367 g/mol. The summed E-state index contributed by atoms with van der Waals surface area (Å²) < 4.78 is 15.4. The second-order valence-electron chi connectivity index (χ2n) is 5.21. The van der Waals surface area contributed by atoms with Crippen LogP contribution in [-0.4, -0.2) is 42.2 Å². The average Bonchev–Trinajstić information content (AvgIpc) is 3.29. The maximum atomic E-state index is 6.37. The Morgan fingerprint density at radius 3 is 2.71 bits per heavy atom. The number of rotatable bonds is 4. The second kappa shape index (κ2) is 6.14. The molecule has 124 valence electrons. The molecule has 1 aliphatic heterocycles. The quantitative estimate of drug-likeness (QED) is 0.701. The zero-order chi connectivity index (χ0) is 16.6. The SMILES string of the molecule is Clc1ccc([C@@]2(n3cncn3)OC[C@H](Cn3cncn3)O2)c(Cl)c1. The fourth-order valence-electron chi connectivity index (χ4n) is 2.62. The van der Waals surface area contributed by atoms with Crippen LogP contribution in [0.3, 0.4) is 0 Å². The highest BCUT2D eigenvalue weighted by Gasteiger charge is 2.47. The maximum Gasteiger partial charge on any atom is 0.302 e. The molecule has 3 heterocycles. The number of hydrogen-bond acceptors (Lipinski definition) is 6. The molecule has 0 radical (unpaired) electrons. The van der Waals surface area contributed by atoms with E-state index in [1.807, 2.05) is 0 Å². The molecule has 0 amide bonds. The third-order valence-electron chi connectivity index (χ3n) is 3.64. The molecule has 8 nitrogen and oxygen atoms in total. The van der Waals surface area contributed by atoms with Gasteiger partial charge in [0.05, 0.1) is 23.7 Å². The summed E-state index contributed by atoms with van der Waals surface area (Å²) in [6.45, 7) is 0.820. The molecule has 3 aromatic rings. The van der Waals surface area contributed by atoms with Gasteiger partial charge in [0.25, 0.3) is 0 Å². The van der Waals surface area contributed by atoms with Gasteiger partial charge in [-0.15, -0.1) is 0 Å². The molecule has 2 aromatic heterocycles. The van der Waals surface area contributed by atoms with Crippen LogP contribution in [-0.2, 0) is 21.9 Å². The van der Waals surface area contributed by atoms with E-state index >= 15 is 0 Å². The Kier molecular flexibility index (Phi) is 3.97. The Hall–Kier alpha value is -2.00. The lowest BCUT2D eigenvalue weighted by Crippen LogP contribution is -2.38. The van der Waals surface area contributed by atoms with Crippen molar-refractivity contribution in [2.45, 2.75) is 18.6 Å². The van der Waals surface area contributed by atoms with Crippen molar-refractivity contribution >= 4 is 23.2 Å². The molecular weight excluding hydrogens is 355 g/mol. The highest BCUT2D eigenvalue weighted by atomic mass is 35.5. The third kappa shape index (κ3) is 2.67. The summed E-state index contributed by atoms with van der Waals surface area (Å²) in [7, 11) is 0. The molecule has 0 N–H and O–H groups in total. The summed E-state index contributed by atoms with van der Waals surface area (Å²) in [5.41, 5.74) is 0.597. The van der Waals surface area contributed by atoms with Crippen molar-refractivity contribution in [3.63, 3.8) is 0 Å². The van der Waals surface area contributed by atoms with Crippen LogP contribution in [0.2, 0.25) is 10.0 Å². The van der Waals surface area contributed by atoms with Crippen molar-refractivity contribution in [2.24, 2.45) is 0 Å². The van der Waals surface area contributed by atoms with Crippen molar-refractivity contribution < 1.29 is 9.47 Å². The van der Waals surface area contributed by atoms with E-state index in [2.05, 4.69) is 20.2 Å². The monoisotopic (exact) mass is 366 g/mol. The van der Waals surface area contributed by atoms with Gasteiger partial charge >= 0.3 is 5.91 Å². The fourth-order valence-corrected chi connectivity index (χ4v) is 3.14. The largest absolute Gasteiger partial charge is 0.325 e. The van der Waals surface area contributed by atoms with E-state index in [0.717, 1.165) is 0 Å². The molecular formula is C14H12Cl2N6O2. The fraction of sp³-hybridized carbons (Fsp3) is 0.286. The topological polar surface area (TPSA) is 79.9 Å². The first-order chi connectivity index (χ1) is 11.7. The minimum absolute atomic E-state index is 0.261. The normalized spacial score (nSPS) is 23.7. The van der Waals surface area contributed by atoms with Crippen LogP contribution < -0.4 is 0 Å². The smallest absolute Gasteiger partial charge is 0.302 e. The van der Waals surface area contributed by atoms with Gasteiger partial charge in [-0.05, 0) is 18.2 Å². The van der Waals surface area contributed by atoms with E-state index in [1.165, 1.54) is 23.7 Å². The van der Waals surface area contributed by atoms with Gasteiger partial charge in [0.15, 0.2) is 0 Å². The molecule has 1 aliphatic rings. The molecule has 2 atom stereocenters. The van der Waals surface area contributed by atoms with Crippen LogP contribution in [0.15, 0.2) is 43.5 Å². The van der Waals surface area contributed by atoms with Crippen LogP contribution in [0.1, 0.15) is 5.56 Å². The standard InChI is InChI=1S/C14H12Cl2N6O2/c15-10-1-2-12(13(16)3-10)14(22-9-18-7-20-22)23-5-11(24-14)4-21-8-17-6-19-21/h1-3,6-9,11H,4-5H2/t11-,14+/m0/s1. The molecule has 1 aromatic carbocycles. The van der Waals surface area contributed by atoms with Crippen LogP contribution in [0.25, 0.3) is 0 Å². The highest BCUT2D eigenvalue weighted by molar-refractivity contribution is 6.35. The van der Waals surface area contributed by atoms with Gasteiger partial charge < -0.3 is 9.47 Å². The Morgan fingerprint density at radius 2 is 2.00 bits per heavy atom. The molecule has 0 bridgehead atoms. The number of hydrogen-bond donors (Lipinski definition) is 0. The lowest BCUT2D eigenvalue weighted by atomic mass is 10.1. The number of ether oxygens (including phenoxy) is 2. The Labute approximate surface area is 146 Å². The summed E-state index contributed by atoms with van der Waals surface area (Å²) >= 11 is 12.4. The number of nitrogens with zero attached hydrogens (tertiary/aromatic N) is 6. The Bertz CT molecular complexity index is 826. The number of aromatic nitrogens is 6. The van der Waals surface area contributed by atoms with Gasteiger partial charge in [0.1, 0.15) is 31.4 Å². The first-order valence-corrected chi connectivity index (χ1v) is 7.88. The maximum absolute atomic E-state index is 6.37. The van der Waals surface area contributed by atoms with Gasteiger partial charge in [0.2, 0.25) is 0 Å². The summed E-state index contributed by atoms with van der Waals surface area (Å²) in [5, 5.41) is 9.19.